The van der Waals surface area contributed by atoms with Gasteiger partial charge >= 0.3 is 5.97 Å². The molecule has 7 nitrogen and oxygen atoms in total. The molecule has 3 heterocycles. The van der Waals surface area contributed by atoms with Crippen molar-refractivity contribution in [1.29, 1.82) is 0 Å². The van der Waals surface area contributed by atoms with Gasteiger partial charge in [-0.25, -0.2) is 4.79 Å². The summed E-state index contributed by atoms with van der Waals surface area (Å²) in [6.45, 7) is 2.69. The van der Waals surface area contributed by atoms with Crippen LogP contribution in [0.3, 0.4) is 0 Å². The highest BCUT2D eigenvalue weighted by Crippen LogP contribution is 2.29. The monoisotopic (exact) mass is 452 g/mol. The summed E-state index contributed by atoms with van der Waals surface area (Å²) in [5, 5.41) is 4.64. The second-order valence-corrected chi connectivity index (χ2v) is 8.23. The molecule has 1 amide bonds. The number of para-hydroxylation sites is 1. The molecule has 7 heteroatoms. The van der Waals surface area contributed by atoms with Gasteiger partial charge in [-0.3, -0.25) is 14.5 Å². The van der Waals surface area contributed by atoms with E-state index in [0.717, 1.165) is 23.2 Å². The number of amides is 1. The van der Waals surface area contributed by atoms with Crippen LogP contribution < -0.4 is 4.90 Å². The standard InChI is InChI=1S/C27H24N4O3/c1-19(26(32)31-15-13-21-10-5-6-12-24(21)31)34-27(33)23-18-30(17-20-8-3-2-4-9-20)29-25(23)22-11-7-14-28-16-22/h2-12,14,16,18-19H,13,15,17H2,1H3. The number of carbonyl (C=O) groups is 2. The highest BCUT2D eigenvalue weighted by Gasteiger charge is 2.31. The second-order valence-electron chi connectivity index (χ2n) is 8.23. The van der Waals surface area contributed by atoms with Gasteiger partial charge in [0.05, 0.1) is 6.54 Å². The molecule has 0 radical (unpaired) electrons. The Labute approximate surface area is 197 Å². The fraction of sp³-hybridized carbons (Fsp3) is 0.185. The minimum absolute atomic E-state index is 0.238. The van der Waals surface area contributed by atoms with E-state index in [-0.39, 0.29) is 5.91 Å². The van der Waals surface area contributed by atoms with Crippen LogP contribution in [0.1, 0.15) is 28.4 Å². The number of ether oxygens (including phenoxy) is 1. The van der Waals surface area contributed by atoms with Crippen LogP contribution in [-0.2, 0) is 22.5 Å². The lowest BCUT2D eigenvalue weighted by Gasteiger charge is -2.21. The first-order chi connectivity index (χ1) is 16.6. The molecule has 1 atom stereocenters. The van der Waals surface area contributed by atoms with E-state index in [4.69, 9.17) is 4.74 Å². The molecule has 1 aliphatic rings. The van der Waals surface area contributed by atoms with Gasteiger partial charge in [-0.2, -0.15) is 5.10 Å². The summed E-state index contributed by atoms with van der Waals surface area (Å²) in [5.74, 6) is -0.829. The fourth-order valence-corrected chi connectivity index (χ4v) is 4.20. The normalized spacial score (nSPS) is 13.4. The topological polar surface area (TPSA) is 77.3 Å². The van der Waals surface area contributed by atoms with Gasteiger partial charge in [0, 0.05) is 36.4 Å². The molecule has 0 saturated carbocycles. The number of hydrogen-bond acceptors (Lipinski definition) is 5. The average molecular weight is 453 g/mol. The van der Waals surface area contributed by atoms with Crippen LogP contribution in [0.15, 0.2) is 85.3 Å². The van der Waals surface area contributed by atoms with Gasteiger partial charge in [-0.05, 0) is 42.7 Å². The minimum Gasteiger partial charge on any atom is -0.449 e. The first kappa shape index (κ1) is 21.6. The zero-order valence-corrected chi connectivity index (χ0v) is 18.8. The lowest BCUT2D eigenvalue weighted by atomic mass is 10.1. The van der Waals surface area contributed by atoms with Crippen LogP contribution in [0.5, 0.6) is 0 Å². The SMILES string of the molecule is CC(OC(=O)c1cn(Cc2ccccc2)nc1-c1cccnc1)C(=O)N1CCc2ccccc21. The van der Waals surface area contributed by atoms with Crippen LogP contribution in [0.4, 0.5) is 5.69 Å². The van der Waals surface area contributed by atoms with E-state index in [1.54, 1.807) is 41.2 Å². The molecule has 0 fully saturated rings. The highest BCUT2D eigenvalue weighted by atomic mass is 16.5. The van der Waals surface area contributed by atoms with E-state index >= 15 is 0 Å². The molecule has 1 unspecified atom stereocenters. The fourth-order valence-electron chi connectivity index (χ4n) is 4.20. The molecule has 2 aromatic heterocycles. The van der Waals surface area contributed by atoms with Crippen LogP contribution >= 0.6 is 0 Å². The quantitative estimate of drug-likeness (QED) is 0.411. The third-order valence-electron chi connectivity index (χ3n) is 5.89. The maximum atomic E-state index is 13.2. The summed E-state index contributed by atoms with van der Waals surface area (Å²) in [4.78, 5) is 32.2. The smallest absolute Gasteiger partial charge is 0.342 e. The summed E-state index contributed by atoms with van der Waals surface area (Å²) in [6.07, 6.45) is 4.84. The molecular weight excluding hydrogens is 428 g/mol. The number of rotatable bonds is 6. The number of hydrogen-bond donors (Lipinski definition) is 0. The largest absolute Gasteiger partial charge is 0.449 e. The molecule has 0 bridgehead atoms. The van der Waals surface area contributed by atoms with E-state index < -0.39 is 12.1 Å². The van der Waals surface area contributed by atoms with E-state index in [2.05, 4.69) is 10.1 Å². The Bertz CT molecular complexity index is 1320. The summed E-state index contributed by atoms with van der Waals surface area (Å²) < 4.78 is 7.35. The lowest BCUT2D eigenvalue weighted by Crippen LogP contribution is -2.39. The van der Waals surface area contributed by atoms with E-state index in [0.29, 0.717) is 29.9 Å². The maximum Gasteiger partial charge on any atom is 0.342 e. The van der Waals surface area contributed by atoms with Crippen molar-refractivity contribution in [2.45, 2.75) is 26.0 Å². The van der Waals surface area contributed by atoms with Gasteiger partial charge in [0.25, 0.3) is 5.91 Å². The number of esters is 1. The summed E-state index contributed by atoms with van der Waals surface area (Å²) in [5.41, 5.74) is 4.52. The van der Waals surface area contributed by atoms with Gasteiger partial charge in [0.1, 0.15) is 11.3 Å². The van der Waals surface area contributed by atoms with Crippen molar-refractivity contribution in [3.8, 4) is 11.3 Å². The lowest BCUT2D eigenvalue weighted by molar-refractivity contribution is -0.126. The number of nitrogens with zero attached hydrogens (tertiary/aromatic N) is 4. The van der Waals surface area contributed by atoms with Gasteiger partial charge < -0.3 is 9.64 Å². The van der Waals surface area contributed by atoms with E-state index in [9.17, 15) is 9.59 Å². The van der Waals surface area contributed by atoms with Crippen molar-refractivity contribution in [2.75, 3.05) is 11.4 Å². The Morgan fingerprint density at radius 2 is 1.82 bits per heavy atom. The van der Waals surface area contributed by atoms with Crippen molar-refractivity contribution < 1.29 is 14.3 Å². The molecule has 2 aromatic carbocycles. The summed E-state index contributed by atoms with van der Waals surface area (Å²) in [6, 6.07) is 21.3. The van der Waals surface area contributed by atoms with Crippen molar-refractivity contribution in [3.05, 3.63) is 102 Å². The number of fused-ring (bicyclic) bond motifs is 1. The summed E-state index contributed by atoms with van der Waals surface area (Å²) in [7, 11) is 0. The van der Waals surface area contributed by atoms with Gasteiger partial charge in [-0.1, -0.05) is 48.5 Å². The zero-order chi connectivity index (χ0) is 23.5. The second kappa shape index (κ2) is 9.31. The van der Waals surface area contributed by atoms with Gasteiger partial charge in [0.15, 0.2) is 6.10 Å². The molecular formula is C27H24N4O3. The van der Waals surface area contributed by atoms with E-state index in [1.165, 1.54) is 0 Å². The van der Waals surface area contributed by atoms with Gasteiger partial charge in [-0.15, -0.1) is 0 Å². The molecule has 0 N–H and O–H groups in total. The third kappa shape index (κ3) is 4.32. The maximum absolute atomic E-state index is 13.2. The number of aromatic nitrogens is 3. The molecule has 1 aliphatic heterocycles. The third-order valence-corrected chi connectivity index (χ3v) is 5.89. The molecule has 170 valence electrons. The average Bonchev–Trinajstić information content (AvgIpc) is 3.49. The number of pyridine rings is 1. The molecule has 0 aliphatic carbocycles. The molecule has 34 heavy (non-hydrogen) atoms. The Morgan fingerprint density at radius 1 is 1.03 bits per heavy atom. The van der Waals surface area contributed by atoms with Crippen LogP contribution in [-0.4, -0.2) is 39.3 Å². The van der Waals surface area contributed by atoms with Crippen molar-refractivity contribution in [1.82, 2.24) is 14.8 Å². The highest BCUT2D eigenvalue weighted by molar-refractivity contribution is 6.01. The first-order valence-electron chi connectivity index (χ1n) is 11.2. The Balaban J connectivity index is 1.38. The number of anilines is 1. The van der Waals surface area contributed by atoms with Crippen LogP contribution in [0.25, 0.3) is 11.3 Å². The Hall–Kier alpha value is -4.26. The summed E-state index contributed by atoms with van der Waals surface area (Å²) >= 11 is 0. The molecule has 0 spiro atoms. The van der Waals surface area contributed by atoms with Crippen LogP contribution in [0, 0.1) is 0 Å². The number of carbonyl (C=O) groups excluding carboxylic acids is 2. The zero-order valence-electron chi connectivity index (χ0n) is 18.8. The molecule has 4 aromatic rings. The molecule has 0 saturated heterocycles. The van der Waals surface area contributed by atoms with Crippen molar-refractivity contribution >= 4 is 17.6 Å². The van der Waals surface area contributed by atoms with Crippen LogP contribution in [0.2, 0.25) is 0 Å². The minimum atomic E-state index is -0.933. The predicted octanol–water partition coefficient (Wildman–Crippen LogP) is 4.13. The van der Waals surface area contributed by atoms with Gasteiger partial charge in [0.2, 0.25) is 0 Å². The van der Waals surface area contributed by atoms with Crippen molar-refractivity contribution in [3.63, 3.8) is 0 Å². The molecule has 5 rings (SSSR count). The van der Waals surface area contributed by atoms with E-state index in [1.807, 2.05) is 60.7 Å². The van der Waals surface area contributed by atoms with Crippen molar-refractivity contribution in [2.24, 2.45) is 0 Å². The predicted molar refractivity (Wildman–Crippen MR) is 128 cm³/mol. The number of benzene rings is 2. The first-order valence-corrected chi connectivity index (χ1v) is 11.2. The Kier molecular flexibility index (Phi) is 5.91. The Morgan fingerprint density at radius 3 is 2.62 bits per heavy atom.